The van der Waals surface area contributed by atoms with Crippen molar-refractivity contribution in [1.29, 1.82) is 0 Å². The lowest BCUT2D eigenvalue weighted by molar-refractivity contribution is -0.927. The highest BCUT2D eigenvalue weighted by Gasteiger charge is 2.55. The van der Waals surface area contributed by atoms with E-state index in [1.165, 1.54) is 96.8 Å². The Morgan fingerprint density at radius 1 is 0.280 bits per heavy atom. The van der Waals surface area contributed by atoms with Gasteiger partial charge in [0.2, 0.25) is 0 Å². The number of ether oxygens (including phenoxy) is 6. The molecule has 10 rings (SSSR count). The summed E-state index contributed by atoms with van der Waals surface area (Å²) in [7, 11) is 12.4. The largest absolute Gasteiger partial charge is 0.459 e. The van der Waals surface area contributed by atoms with Gasteiger partial charge in [-0.05, 0) is 208 Å². The van der Waals surface area contributed by atoms with E-state index in [0.717, 1.165) is 166 Å². The van der Waals surface area contributed by atoms with Gasteiger partial charge in [-0.25, -0.2) is 24.0 Å². The maximum atomic E-state index is 13.0. The highest BCUT2D eigenvalue weighted by Crippen LogP contribution is 2.60. The van der Waals surface area contributed by atoms with Gasteiger partial charge >= 0.3 is 35.8 Å². The number of carbonyl (C=O) groups excluding carboxylic acids is 6. The Morgan fingerprint density at radius 3 is 0.831 bits per heavy atom. The number of fused-ring (bicyclic) bond motifs is 1. The van der Waals surface area contributed by atoms with Crippen LogP contribution in [-0.4, -0.2) is 262 Å². The maximum Gasteiger partial charge on any atom is 0.338 e. The Kier molecular flexibility index (Phi) is 47.3. The predicted molar refractivity (Wildman–Crippen MR) is 482 cm³/mol. The second kappa shape index (κ2) is 54.4. The first-order chi connectivity index (χ1) is 56.5. The topological polar surface area (TPSA) is 158 Å². The number of hydrogen-bond acceptors (Lipinski definition) is 12. The van der Waals surface area contributed by atoms with Crippen LogP contribution in [0, 0.1) is 23.2 Å². The SMILES string of the molecule is CCCC[N+](CC)(CCC)CCOC(=O)C12CC3CC(CC(C3)C1)C2.CCCC[N+](CC)(CCC)CCOC(=O)c1ccccc1.CCC[N+](CC)(CCC)CCOC(=O)c1ccccc1.CC[N+](CC)(CC)CCOC(=O)c1ccccc1.C[N+](C)(C)CCOC(=O)c1ccc2ccccc2c1.C[N+](C)(C)CCOC(=O)c1ccccc1. The fraction of sp³-hybridized carbons (Fsp3) is 0.600. The number of hydrogen-bond donors (Lipinski definition) is 0. The Bertz CT molecular complexity index is 3720. The van der Waals surface area contributed by atoms with Crippen LogP contribution in [0.15, 0.2) is 164 Å². The van der Waals surface area contributed by atoms with Crippen LogP contribution in [0.3, 0.4) is 0 Å². The Hall–Kier alpha value is -7.84. The molecule has 6 aromatic carbocycles. The number of unbranched alkanes of at least 4 members (excludes halogenated alkanes) is 2. The third-order valence-electron chi connectivity index (χ3n) is 24.5. The van der Waals surface area contributed by atoms with E-state index in [0.29, 0.717) is 67.5 Å². The van der Waals surface area contributed by atoms with Crippen LogP contribution in [-0.2, 0) is 33.2 Å². The lowest BCUT2D eigenvalue weighted by atomic mass is 9.49. The molecule has 0 amide bonds. The van der Waals surface area contributed by atoms with E-state index in [1.54, 1.807) is 48.5 Å². The van der Waals surface area contributed by atoms with Crippen molar-refractivity contribution < 1.29 is 84.1 Å². The smallest absolute Gasteiger partial charge is 0.338 e. The van der Waals surface area contributed by atoms with Crippen molar-refractivity contribution in [2.45, 2.75) is 173 Å². The zero-order chi connectivity index (χ0) is 86.9. The van der Waals surface area contributed by atoms with E-state index in [9.17, 15) is 28.8 Å². The molecule has 0 radical (unpaired) electrons. The van der Waals surface area contributed by atoms with Crippen LogP contribution in [0.4, 0.5) is 0 Å². The van der Waals surface area contributed by atoms with Crippen molar-refractivity contribution in [2.75, 3.05) is 200 Å². The molecule has 0 spiro atoms. The molecule has 2 unspecified atom stereocenters. The van der Waals surface area contributed by atoms with Gasteiger partial charge in [-0.3, -0.25) is 4.79 Å². The second-order valence-corrected chi connectivity index (χ2v) is 35.3. The van der Waals surface area contributed by atoms with E-state index in [2.05, 4.69) is 125 Å². The third kappa shape index (κ3) is 37.0. The number of benzene rings is 6. The van der Waals surface area contributed by atoms with Crippen LogP contribution < -0.4 is 0 Å². The molecule has 656 valence electrons. The van der Waals surface area contributed by atoms with Gasteiger partial charge in [0.15, 0.2) is 0 Å². The second-order valence-electron chi connectivity index (χ2n) is 35.3. The molecule has 6 aromatic rings. The number of rotatable bonds is 44. The summed E-state index contributed by atoms with van der Waals surface area (Å²) < 4.78 is 38.4. The molecule has 0 aromatic heterocycles. The van der Waals surface area contributed by atoms with Crippen LogP contribution in [0.1, 0.15) is 225 Å². The fourth-order valence-electron chi connectivity index (χ4n) is 17.2. The number of carbonyl (C=O) groups is 6. The highest BCUT2D eigenvalue weighted by molar-refractivity contribution is 5.95. The van der Waals surface area contributed by atoms with Gasteiger partial charge < -0.3 is 55.3 Å². The molecular weight excluding hydrogens is 1480 g/mol. The van der Waals surface area contributed by atoms with Crippen LogP contribution in [0.5, 0.6) is 0 Å². The molecule has 118 heavy (non-hydrogen) atoms. The summed E-state index contributed by atoms with van der Waals surface area (Å²) in [6.45, 7) is 48.8. The lowest BCUT2D eigenvalue weighted by Crippen LogP contribution is -2.53. The normalized spacial score (nSPS) is 16.9. The van der Waals surface area contributed by atoms with Gasteiger partial charge in [0.25, 0.3) is 0 Å². The third-order valence-corrected chi connectivity index (χ3v) is 24.5. The number of nitrogens with zero attached hydrogens (tertiary/aromatic N) is 6. The van der Waals surface area contributed by atoms with Gasteiger partial charge in [0, 0.05) is 0 Å². The highest BCUT2D eigenvalue weighted by atomic mass is 16.6. The van der Waals surface area contributed by atoms with Crippen molar-refractivity contribution in [2.24, 2.45) is 23.2 Å². The molecular formula is C100H160N6O12+6. The van der Waals surface area contributed by atoms with Gasteiger partial charge in [-0.2, -0.15) is 0 Å². The molecule has 2 atom stereocenters. The zero-order valence-corrected chi connectivity index (χ0v) is 76.8. The van der Waals surface area contributed by atoms with Crippen molar-refractivity contribution in [3.8, 4) is 0 Å². The number of quaternary nitrogens is 6. The van der Waals surface area contributed by atoms with E-state index in [-0.39, 0.29) is 41.2 Å². The zero-order valence-electron chi connectivity index (χ0n) is 76.8. The maximum absolute atomic E-state index is 13.0. The van der Waals surface area contributed by atoms with Gasteiger partial charge in [0.05, 0.1) is 154 Å². The molecule has 4 aliphatic carbocycles. The van der Waals surface area contributed by atoms with Gasteiger partial charge in [0.1, 0.15) is 78.9 Å². The molecule has 4 bridgehead atoms. The molecule has 4 fully saturated rings. The minimum Gasteiger partial charge on any atom is -0.459 e. The summed E-state index contributed by atoms with van der Waals surface area (Å²) in [4.78, 5) is 72.1. The van der Waals surface area contributed by atoms with E-state index >= 15 is 0 Å². The quantitative estimate of drug-likeness (QED) is 0.0203. The first-order valence-electron chi connectivity index (χ1n) is 45.2. The summed E-state index contributed by atoms with van der Waals surface area (Å²) >= 11 is 0. The van der Waals surface area contributed by atoms with Crippen molar-refractivity contribution in [1.82, 2.24) is 0 Å². The molecule has 0 heterocycles. The van der Waals surface area contributed by atoms with Crippen LogP contribution in [0.25, 0.3) is 10.8 Å². The molecule has 18 nitrogen and oxygen atoms in total. The Balaban J connectivity index is 0.000000300. The summed E-state index contributed by atoms with van der Waals surface area (Å²) in [5.74, 6) is 1.45. The average Bonchev–Trinajstić information content (AvgIpc) is 0.741. The molecule has 0 aliphatic heterocycles. The predicted octanol–water partition coefficient (Wildman–Crippen LogP) is 19.2. The van der Waals surface area contributed by atoms with Crippen molar-refractivity contribution >= 4 is 46.6 Å². The molecule has 0 saturated heterocycles. The summed E-state index contributed by atoms with van der Waals surface area (Å²) in [5, 5.41) is 2.19. The molecule has 4 aliphatic rings. The lowest BCUT2D eigenvalue weighted by Gasteiger charge is -2.55. The van der Waals surface area contributed by atoms with E-state index < -0.39 is 0 Å². The number of esters is 6. The van der Waals surface area contributed by atoms with Gasteiger partial charge in [-0.1, -0.05) is 158 Å². The van der Waals surface area contributed by atoms with Crippen molar-refractivity contribution in [3.05, 3.63) is 192 Å². The average molecular weight is 1640 g/mol. The minimum atomic E-state index is -0.251. The monoisotopic (exact) mass is 1640 g/mol. The summed E-state index contributed by atoms with van der Waals surface area (Å²) in [5.41, 5.74) is 3.02. The van der Waals surface area contributed by atoms with Crippen LogP contribution >= 0.6 is 0 Å². The minimum absolute atomic E-state index is 0.0925. The van der Waals surface area contributed by atoms with E-state index in [4.69, 9.17) is 28.4 Å². The van der Waals surface area contributed by atoms with Crippen LogP contribution in [0.2, 0.25) is 0 Å². The van der Waals surface area contributed by atoms with Crippen molar-refractivity contribution in [3.63, 3.8) is 0 Å². The molecule has 18 heteroatoms. The standard InChI is InChI=1S/C22H40NO2.C18H30NO2.C17H28NO2.C16H20NO2.C15H24NO2.C12H18NO2/c1-4-7-9-23(6-3,8-5-2)10-11-25-21(24)22-15-18-12-19(16-22)14-20(13-18)17-22;1-4-7-14-19(6-3,13-5-2)15-16-21-18(20)17-11-9-8-10-12-17;1-4-12-18(6-3,13-5-2)14-15-20-17(19)16-10-8-7-9-11-16;1-17(2,3)10-11-19-16(18)15-9-8-13-6-4-5-7-14(13)12-15;1-4-16(5-2,6-3)12-13-18-15(17)14-10-8-7-9-11-14;1-13(2,3)9-10-15-12(14)11-7-5-4-6-8-11/h18-20H,4-17H2,1-3H3;8-12H,4-7,13-16H2,1-3H3;7-11H,4-6,12-15H2,1-3H3;4-9,12H,10-11H2,1-3H3;7-11H,4-6,12-13H2,1-3H3;4-8H,9-10H2,1-3H3/q6*+1. The Labute approximate surface area is 714 Å². The van der Waals surface area contributed by atoms with E-state index in [1.807, 2.05) is 115 Å². The number of likely N-dealkylation sites (N-methyl/N-ethyl adjacent to an activating group) is 6. The summed E-state index contributed by atoms with van der Waals surface area (Å²) in [6.07, 6.45) is 17.2. The molecule has 4 saturated carbocycles. The Morgan fingerprint density at radius 2 is 0.542 bits per heavy atom. The molecule has 0 N–H and O–H groups in total. The first-order valence-corrected chi connectivity index (χ1v) is 45.2. The summed E-state index contributed by atoms with van der Waals surface area (Å²) in [6, 6.07) is 50.3. The first kappa shape index (κ1) is 103. The van der Waals surface area contributed by atoms with Gasteiger partial charge in [-0.15, -0.1) is 0 Å². The fourth-order valence-corrected chi connectivity index (χ4v) is 17.2.